The Morgan fingerprint density at radius 1 is 1.14 bits per heavy atom. The molecule has 0 aliphatic heterocycles. The number of ether oxygens (including phenoxy) is 2. The Labute approximate surface area is 129 Å². The van der Waals surface area contributed by atoms with E-state index in [9.17, 15) is 4.79 Å². The maximum atomic E-state index is 11.9. The van der Waals surface area contributed by atoms with Crippen molar-refractivity contribution in [3.8, 4) is 11.5 Å². The topological polar surface area (TPSA) is 72.5 Å². The molecule has 0 spiro atoms. The van der Waals surface area contributed by atoms with Crippen LogP contribution in [0.15, 0.2) is 42.6 Å². The number of benzene rings is 1. The standard InChI is InChI=1S/C16H19N3O3/c1-17-15-8-3-12(11-19-15)16(20)18-9-10-22-14-6-4-13(21-2)5-7-14/h3-8,11H,9-10H2,1-2H3,(H,17,19)(H,18,20). The lowest BCUT2D eigenvalue weighted by Gasteiger charge is -2.08. The lowest BCUT2D eigenvalue weighted by molar-refractivity contribution is 0.0946. The Morgan fingerprint density at radius 3 is 2.45 bits per heavy atom. The maximum Gasteiger partial charge on any atom is 0.252 e. The van der Waals surface area contributed by atoms with Gasteiger partial charge in [-0.15, -0.1) is 0 Å². The predicted molar refractivity (Wildman–Crippen MR) is 84.6 cm³/mol. The number of pyridine rings is 1. The minimum Gasteiger partial charge on any atom is -0.497 e. The van der Waals surface area contributed by atoms with E-state index in [4.69, 9.17) is 9.47 Å². The summed E-state index contributed by atoms with van der Waals surface area (Å²) in [6, 6.07) is 10.8. The van der Waals surface area contributed by atoms with Crippen LogP contribution >= 0.6 is 0 Å². The molecule has 6 heteroatoms. The van der Waals surface area contributed by atoms with Gasteiger partial charge in [0, 0.05) is 13.2 Å². The number of rotatable bonds is 7. The molecule has 2 rings (SSSR count). The van der Waals surface area contributed by atoms with Gasteiger partial charge in [0.05, 0.1) is 19.2 Å². The van der Waals surface area contributed by atoms with Crippen LogP contribution in [0.3, 0.4) is 0 Å². The highest BCUT2D eigenvalue weighted by atomic mass is 16.5. The average molecular weight is 301 g/mol. The monoisotopic (exact) mass is 301 g/mol. The summed E-state index contributed by atoms with van der Waals surface area (Å²) in [6.45, 7) is 0.804. The molecule has 0 aliphatic carbocycles. The summed E-state index contributed by atoms with van der Waals surface area (Å²) in [7, 11) is 3.39. The molecular weight excluding hydrogens is 282 g/mol. The largest absolute Gasteiger partial charge is 0.497 e. The van der Waals surface area contributed by atoms with Crippen LogP contribution in [0.1, 0.15) is 10.4 Å². The van der Waals surface area contributed by atoms with E-state index in [-0.39, 0.29) is 5.91 Å². The second-order valence-corrected chi connectivity index (χ2v) is 4.46. The van der Waals surface area contributed by atoms with Gasteiger partial charge in [0.2, 0.25) is 0 Å². The minimum atomic E-state index is -0.173. The predicted octanol–water partition coefficient (Wildman–Crippen LogP) is 1.94. The second kappa shape index (κ2) is 7.87. The highest BCUT2D eigenvalue weighted by molar-refractivity contribution is 5.94. The first kappa shape index (κ1) is 15.6. The first-order chi connectivity index (χ1) is 10.7. The van der Waals surface area contributed by atoms with Crippen molar-refractivity contribution in [1.29, 1.82) is 0 Å². The number of nitrogens with one attached hydrogen (secondary N) is 2. The van der Waals surface area contributed by atoms with Crippen LogP contribution in [0, 0.1) is 0 Å². The maximum absolute atomic E-state index is 11.9. The fourth-order valence-electron chi connectivity index (χ4n) is 1.78. The van der Waals surface area contributed by atoms with Crippen LogP contribution in [0.25, 0.3) is 0 Å². The van der Waals surface area contributed by atoms with Crippen LogP contribution in [0.5, 0.6) is 11.5 Å². The lowest BCUT2D eigenvalue weighted by Crippen LogP contribution is -2.28. The van der Waals surface area contributed by atoms with E-state index >= 15 is 0 Å². The number of hydrogen-bond donors (Lipinski definition) is 2. The van der Waals surface area contributed by atoms with Crippen molar-refractivity contribution in [2.24, 2.45) is 0 Å². The van der Waals surface area contributed by atoms with Crippen molar-refractivity contribution in [3.63, 3.8) is 0 Å². The summed E-state index contributed by atoms with van der Waals surface area (Å²) in [4.78, 5) is 16.0. The fourth-order valence-corrected chi connectivity index (χ4v) is 1.78. The van der Waals surface area contributed by atoms with Gasteiger partial charge in [-0.05, 0) is 36.4 Å². The number of carbonyl (C=O) groups excluding carboxylic acids is 1. The van der Waals surface area contributed by atoms with E-state index in [0.717, 1.165) is 17.3 Å². The Bertz CT molecular complexity index is 597. The minimum absolute atomic E-state index is 0.173. The zero-order valence-electron chi connectivity index (χ0n) is 12.6. The smallest absolute Gasteiger partial charge is 0.252 e. The summed E-state index contributed by atoms with van der Waals surface area (Å²) in [5.41, 5.74) is 0.517. The summed E-state index contributed by atoms with van der Waals surface area (Å²) in [5.74, 6) is 2.06. The molecule has 1 aromatic carbocycles. The highest BCUT2D eigenvalue weighted by Gasteiger charge is 2.05. The summed E-state index contributed by atoms with van der Waals surface area (Å²) in [6.07, 6.45) is 1.53. The number of carbonyl (C=O) groups is 1. The van der Waals surface area contributed by atoms with Crippen LogP contribution in [0.2, 0.25) is 0 Å². The van der Waals surface area contributed by atoms with Gasteiger partial charge in [-0.1, -0.05) is 0 Å². The lowest BCUT2D eigenvalue weighted by atomic mass is 10.2. The van der Waals surface area contributed by atoms with Crippen molar-refractivity contribution in [2.75, 3.05) is 32.6 Å². The Kier molecular flexibility index (Phi) is 5.59. The van der Waals surface area contributed by atoms with Gasteiger partial charge in [-0.3, -0.25) is 4.79 Å². The van der Waals surface area contributed by atoms with Gasteiger partial charge in [0.1, 0.15) is 23.9 Å². The van der Waals surface area contributed by atoms with E-state index in [2.05, 4.69) is 15.6 Å². The molecule has 0 saturated carbocycles. The van der Waals surface area contributed by atoms with Crippen molar-refractivity contribution in [3.05, 3.63) is 48.2 Å². The van der Waals surface area contributed by atoms with Gasteiger partial charge < -0.3 is 20.1 Å². The Balaban J connectivity index is 1.74. The molecule has 1 amide bonds. The first-order valence-corrected chi connectivity index (χ1v) is 6.92. The number of anilines is 1. The average Bonchev–Trinajstić information content (AvgIpc) is 2.59. The second-order valence-electron chi connectivity index (χ2n) is 4.46. The molecule has 0 fully saturated rings. The Hall–Kier alpha value is -2.76. The van der Waals surface area contributed by atoms with E-state index in [0.29, 0.717) is 18.7 Å². The number of amides is 1. The van der Waals surface area contributed by atoms with Crippen LogP contribution in [-0.2, 0) is 0 Å². The molecule has 2 N–H and O–H groups in total. The summed E-state index contributed by atoms with van der Waals surface area (Å²) < 4.78 is 10.6. The van der Waals surface area contributed by atoms with Crippen molar-refractivity contribution >= 4 is 11.7 Å². The van der Waals surface area contributed by atoms with Gasteiger partial charge in [0.25, 0.3) is 5.91 Å². The third-order valence-electron chi connectivity index (χ3n) is 3.00. The molecular formula is C16H19N3O3. The molecule has 22 heavy (non-hydrogen) atoms. The summed E-state index contributed by atoms with van der Waals surface area (Å²) in [5, 5.41) is 5.68. The molecule has 1 heterocycles. The number of nitrogens with zero attached hydrogens (tertiary/aromatic N) is 1. The van der Waals surface area contributed by atoms with Crippen molar-refractivity contribution in [1.82, 2.24) is 10.3 Å². The molecule has 0 atom stereocenters. The third kappa shape index (κ3) is 4.37. The first-order valence-electron chi connectivity index (χ1n) is 6.92. The van der Waals surface area contributed by atoms with E-state index in [1.807, 2.05) is 24.3 Å². The number of methoxy groups -OCH3 is 1. The molecule has 6 nitrogen and oxygen atoms in total. The fraction of sp³-hybridized carbons (Fsp3) is 0.250. The summed E-state index contributed by atoms with van der Waals surface area (Å²) >= 11 is 0. The van der Waals surface area contributed by atoms with Crippen LogP contribution in [0.4, 0.5) is 5.82 Å². The molecule has 0 aliphatic rings. The van der Waals surface area contributed by atoms with Gasteiger partial charge in [-0.25, -0.2) is 4.98 Å². The van der Waals surface area contributed by atoms with Gasteiger partial charge >= 0.3 is 0 Å². The third-order valence-corrected chi connectivity index (χ3v) is 3.00. The molecule has 0 radical (unpaired) electrons. The molecule has 0 saturated heterocycles. The van der Waals surface area contributed by atoms with E-state index in [1.165, 1.54) is 6.20 Å². The van der Waals surface area contributed by atoms with Crippen molar-refractivity contribution < 1.29 is 14.3 Å². The zero-order chi connectivity index (χ0) is 15.8. The molecule has 0 unspecified atom stereocenters. The quantitative estimate of drug-likeness (QED) is 0.765. The molecule has 0 bridgehead atoms. The van der Waals surface area contributed by atoms with Crippen LogP contribution < -0.4 is 20.1 Å². The van der Waals surface area contributed by atoms with E-state index < -0.39 is 0 Å². The normalized spacial score (nSPS) is 9.91. The molecule has 1 aromatic heterocycles. The Morgan fingerprint density at radius 2 is 1.86 bits per heavy atom. The van der Waals surface area contributed by atoms with E-state index in [1.54, 1.807) is 26.3 Å². The molecule has 2 aromatic rings. The van der Waals surface area contributed by atoms with Gasteiger partial charge in [-0.2, -0.15) is 0 Å². The number of hydrogen-bond acceptors (Lipinski definition) is 5. The van der Waals surface area contributed by atoms with Crippen molar-refractivity contribution in [2.45, 2.75) is 0 Å². The van der Waals surface area contributed by atoms with Gasteiger partial charge in [0.15, 0.2) is 0 Å². The molecule has 116 valence electrons. The zero-order valence-corrected chi connectivity index (χ0v) is 12.6. The van der Waals surface area contributed by atoms with Crippen LogP contribution in [-0.4, -0.2) is 38.2 Å². The number of aromatic nitrogens is 1. The SMILES string of the molecule is CNc1ccc(C(=O)NCCOc2ccc(OC)cc2)cn1. The highest BCUT2D eigenvalue weighted by Crippen LogP contribution is 2.16.